The van der Waals surface area contributed by atoms with Crippen molar-refractivity contribution in [3.63, 3.8) is 0 Å². The van der Waals surface area contributed by atoms with Crippen LogP contribution in [0.4, 0.5) is 0 Å². The van der Waals surface area contributed by atoms with Gasteiger partial charge in [0.25, 0.3) is 0 Å². The number of hydrogen-bond donors (Lipinski definition) is 0. The van der Waals surface area contributed by atoms with Crippen LogP contribution in [0.25, 0.3) is 0 Å². The number of unbranched alkanes of at least 4 members (excludes halogenated alkanes) is 21. The van der Waals surface area contributed by atoms with Gasteiger partial charge < -0.3 is 0 Å². The Labute approximate surface area is 215 Å². The standard InChI is InChI=1S/C33H61N/c1-3-5-6-7-8-9-10-11-12-13-14-15-16-17-18-19-20-21-22-23-24-28-31-34(4-2)32-33-29-26-25-27-30-33/h25-27,29-30H,3-24,28,31-32H2,1-2H3. The Morgan fingerprint density at radius 2 is 0.794 bits per heavy atom. The van der Waals surface area contributed by atoms with Gasteiger partial charge in [-0.3, -0.25) is 4.90 Å². The first-order valence-electron chi connectivity index (χ1n) is 15.6. The summed E-state index contributed by atoms with van der Waals surface area (Å²) in [6.45, 7) is 8.12. The summed E-state index contributed by atoms with van der Waals surface area (Å²) < 4.78 is 0. The van der Waals surface area contributed by atoms with E-state index >= 15 is 0 Å². The summed E-state index contributed by atoms with van der Waals surface area (Å²) in [6.07, 6.45) is 32.1. The second-order valence-corrected chi connectivity index (χ2v) is 10.8. The Balaban J connectivity index is 1.73. The molecule has 0 unspecified atom stereocenters. The summed E-state index contributed by atoms with van der Waals surface area (Å²) in [5.74, 6) is 0. The Kier molecular flexibility index (Phi) is 23.2. The van der Waals surface area contributed by atoms with Crippen LogP contribution in [0.3, 0.4) is 0 Å². The zero-order chi connectivity index (χ0) is 24.4. The van der Waals surface area contributed by atoms with Gasteiger partial charge in [0.05, 0.1) is 0 Å². The third-order valence-corrected chi connectivity index (χ3v) is 7.52. The van der Waals surface area contributed by atoms with Crippen molar-refractivity contribution in [3.05, 3.63) is 35.9 Å². The molecule has 1 nitrogen and oxygen atoms in total. The topological polar surface area (TPSA) is 3.24 Å². The highest BCUT2D eigenvalue weighted by Gasteiger charge is 2.03. The van der Waals surface area contributed by atoms with Crippen molar-refractivity contribution in [2.24, 2.45) is 0 Å². The average molecular weight is 472 g/mol. The van der Waals surface area contributed by atoms with Crippen molar-refractivity contribution < 1.29 is 0 Å². The van der Waals surface area contributed by atoms with E-state index in [1.54, 1.807) is 0 Å². The fourth-order valence-corrected chi connectivity index (χ4v) is 5.13. The molecule has 1 aromatic rings. The van der Waals surface area contributed by atoms with Crippen molar-refractivity contribution >= 4 is 0 Å². The Hall–Kier alpha value is -0.820. The molecule has 0 amide bonds. The van der Waals surface area contributed by atoms with Crippen molar-refractivity contribution in [3.8, 4) is 0 Å². The van der Waals surface area contributed by atoms with Crippen LogP contribution in [-0.2, 0) is 6.54 Å². The van der Waals surface area contributed by atoms with E-state index < -0.39 is 0 Å². The van der Waals surface area contributed by atoms with Crippen LogP contribution in [0.1, 0.15) is 161 Å². The van der Waals surface area contributed by atoms with Crippen LogP contribution in [0.15, 0.2) is 30.3 Å². The third-order valence-electron chi connectivity index (χ3n) is 7.52. The summed E-state index contributed by atoms with van der Waals surface area (Å²) in [5, 5.41) is 0. The summed E-state index contributed by atoms with van der Waals surface area (Å²) >= 11 is 0. The summed E-state index contributed by atoms with van der Waals surface area (Å²) in [4.78, 5) is 2.59. The van der Waals surface area contributed by atoms with Gasteiger partial charge in [-0.2, -0.15) is 0 Å². The van der Waals surface area contributed by atoms with E-state index in [1.165, 1.54) is 153 Å². The van der Waals surface area contributed by atoms with E-state index in [9.17, 15) is 0 Å². The van der Waals surface area contributed by atoms with Gasteiger partial charge in [0.2, 0.25) is 0 Å². The van der Waals surface area contributed by atoms with E-state index in [4.69, 9.17) is 0 Å². The van der Waals surface area contributed by atoms with Crippen molar-refractivity contribution in [2.45, 2.75) is 162 Å². The molecule has 0 saturated heterocycles. The Morgan fingerprint density at radius 3 is 1.15 bits per heavy atom. The lowest BCUT2D eigenvalue weighted by Gasteiger charge is -2.20. The maximum atomic E-state index is 2.59. The van der Waals surface area contributed by atoms with Gasteiger partial charge in [0.1, 0.15) is 0 Å². The number of nitrogens with zero attached hydrogens (tertiary/aromatic N) is 1. The van der Waals surface area contributed by atoms with Gasteiger partial charge in [0, 0.05) is 6.54 Å². The minimum atomic E-state index is 1.11. The molecular weight excluding hydrogens is 410 g/mol. The maximum absolute atomic E-state index is 2.59. The van der Waals surface area contributed by atoms with Crippen LogP contribution >= 0.6 is 0 Å². The van der Waals surface area contributed by atoms with Gasteiger partial charge >= 0.3 is 0 Å². The fourth-order valence-electron chi connectivity index (χ4n) is 5.13. The molecule has 1 rings (SSSR count). The minimum Gasteiger partial charge on any atom is -0.299 e. The molecule has 1 heteroatoms. The Bertz CT molecular complexity index is 497. The van der Waals surface area contributed by atoms with Gasteiger partial charge in [0.15, 0.2) is 0 Å². The molecule has 0 fully saturated rings. The molecule has 198 valence electrons. The molecule has 0 bridgehead atoms. The highest BCUT2D eigenvalue weighted by atomic mass is 15.1. The summed E-state index contributed by atoms with van der Waals surface area (Å²) in [7, 11) is 0. The van der Waals surface area contributed by atoms with Crippen molar-refractivity contribution in [2.75, 3.05) is 13.1 Å². The maximum Gasteiger partial charge on any atom is 0.0233 e. The first kappa shape index (κ1) is 31.2. The highest BCUT2D eigenvalue weighted by molar-refractivity contribution is 5.14. The first-order valence-corrected chi connectivity index (χ1v) is 15.6. The van der Waals surface area contributed by atoms with E-state index in [0.29, 0.717) is 0 Å². The SMILES string of the molecule is CCCCCCCCCCCCCCCCCCCCCCCCN(CC)Cc1ccccc1. The predicted molar refractivity (Wildman–Crippen MR) is 155 cm³/mol. The number of rotatable bonds is 26. The number of benzene rings is 1. The monoisotopic (exact) mass is 471 g/mol. The van der Waals surface area contributed by atoms with Crippen LogP contribution in [0, 0.1) is 0 Å². The lowest BCUT2D eigenvalue weighted by molar-refractivity contribution is 0.272. The predicted octanol–water partition coefficient (Wildman–Crippen LogP) is 11.1. The zero-order valence-corrected chi connectivity index (χ0v) is 23.5. The fraction of sp³-hybridized carbons (Fsp3) is 0.818. The molecule has 0 saturated carbocycles. The largest absolute Gasteiger partial charge is 0.299 e. The molecular formula is C33H61N. The molecule has 0 heterocycles. The normalized spacial score (nSPS) is 11.5. The van der Waals surface area contributed by atoms with E-state index in [1.807, 2.05) is 0 Å². The molecule has 1 aromatic carbocycles. The first-order chi connectivity index (χ1) is 16.9. The van der Waals surface area contributed by atoms with Crippen LogP contribution < -0.4 is 0 Å². The molecule has 0 radical (unpaired) electrons. The number of hydrogen-bond acceptors (Lipinski definition) is 1. The van der Waals surface area contributed by atoms with Gasteiger partial charge in [-0.25, -0.2) is 0 Å². The van der Waals surface area contributed by atoms with Gasteiger partial charge in [-0.1, -0.05) is 179 Å². The second-order valence-electron chi connectivity index (χ2n) is 10.8. The molecule has 0 N–H and O–H groups in total. The van der Waals surface area contributed by atoms with Gasteiger partial charge in [-0.15, -0.1) is 0 Å². The smallest absolute Gasteiger partial charge is 0.0233 e. The highest BCUT2D eigenvalue weighted by Crippen LogP contribution is 2.15. The minimum absolute atomic E-state index is 1.11. The van der Waals surface area contributed by atoms with Gasteiger partial charge in [-0.05, 0) is 25.1 Å². The van der Waals surface area contributed by atoms with Crippen LogP contribution in [-0.4, -0.2) is 18.0 Å². The quantitative estimate of drug-likeness (QED) is 0.121. The molecule has 0 aliphatic carbocycles. The average Bonchev–Trinajstić information content (AvgIpc) is 2.87. The summed E-state index contributed by atoms with van der Waals surface area (Å²) in [6, 6.07) is 10.9. The van der Waals surface area contributed by atoms with Crippen LogP contribution in [0.5, 0.6) is 0 Å². The molecule has 0 aliphatic heterocycles. The summed E-state index contributed by atoms with van der Waals surface area (Å²) in [5.41, 5.74) is 1.45. The third kappa shape index (κ3) is 20.5. The van der Waals surface area contributed by atoms with E-state index in [2.05, 4.69) is 49.1 Å². The molecule has 0 spiro atoms. The molecule has 0 atom stereocenters. The molecule has 34 heavy (non-hydrogen) atoms. The van der Waals surface area contributed by atoms with Crippen molar-refractivity contribution in [1.29, 1.82) is 0 Å². The molecule has 0 aromatic heterocycles. The second kappa shape index (κ2) is 25.3. The molecule has 0 aliphatic rings. The van der Waals surface area contributed by atoms with E-state index in [0.717, 1.165) is 13.1 Å². The van der Waals surface area contributed by atoms with Crippen LogP contribution in [0.2, 0.25) is 0 Å². The van der Waals surface area contributed by atoms with Crippen molar-refractivity contribution in [1.82, 2.24) is 4.90 Å². The van der Waals surface area contributed by atoms with E-state index in [-0.39, 0.29) is 0 Å². The lowest BCUT2D eigenvalue weighted by atomic mass is 10.0. The zero-order valence-electron chi connectivity index (χ0n) is 23.5. The lowest BCUT2D eigenvalue weighted by Crippen LogP contribution is -2.23. The Morgan fingerprint density at radius 1 is 0.441 bits per heavy atom.